The van der Waals surface area contributed by atoms with E-state index in [-0.39, 0.29) is 5.69 Å². The van der Waals surface area contributed by atoms with Gasteiger partial charge < -0.3 is 14.6 Å². The number of imidazole rings is 1. The predicted molar refractivity (Wildman–Crippen MR) is 100 cm³/mol. The van der Waals surface area contributed by atoms with Gasteiger partial charge in [0.2, 0.25) is 0 Å². The first-order valence-electron chi connectivity index (χ1n) is 9.63. The van der Waals surface area contributed by atoms with Crippen LogP contribution in [0.15, 0.2) is 23.0 Å². The van der Waals surface area contributed by atoms with Crippen LogP contribution in [0.3, 0.4) is 0 Å². The molecular formula is C20H29N3O2. The highest BCUT2D eigenvalue weighted by atomic mass is 16.5. The van der Waals surface area contributed by atoms with Gasteiger partial charge >= 0.3 is 5.69 Å². The molecule has 0 radical (unpaired) electrons. The quantitative estimate of drug-likeness (QED) is 0.931. The van der Waals surface area contributed by atoms with Gasteiger partial charge in [-0.3, -0.25) is 4.57 Å². The van der Waals surface area contributed by atoms with Crippen molar-refractivity contribution >= 4 is 11.0 Å². The van der Waals surface area contributed by atoms with Crippen molar-refractivity contribution in [1.29, 1.82) is 0 Å². The zero-order chi connectivity index (χ0) is 17.4. The van der Waals surface area contributed by atoms with Crippen molar-refractivity contribution < 1.29 is 4.74 Å². The zero-order valence-electron chi connectivity index (χ0n) is 15.3. The van der Waals surface area contributed by atoms with Crippen molar-refractivity contribution in [2.75, 3.05) is 20.2 Å². The number of nitrogens with one attached hydrogen (secondary N) is 1. The van der Waals surface area contributed by atoms with Gasteiger partial charge in [-0.05, 0) is 63.1 Å². The van der Waals surface area contributed by atoms with Crippen LogP contribution in [0.25, 0.3) is 11.0 Å². The number of hydrogen-bond donors (Lipinski definition) is 1. The van der Waals surface area contributed by atoms with E-state index in [1.165, 1.54) is 24.8 Å². The molecule has 1 aromatic heterocycles. The van der Waals surface area contributed by atoms with E-state index in [0.717, 1.165) is 43.4 Å². The van der Waals surface area contributed by atoms with E-state index in [0.29, 0.717) is 18.2 Å². The number of ether oxygens (including phenoxy) is 1. The number of piperidine rings is 1. The van der Waals surface area contributed by atoms with Crippen LogP contribution in [0.5, 0.6) is 0 Å². The molecule has 1 aliphatic heterocycles. The van der Waals surface area contributed by atoms with Gasteiger partial charge in [0.1, 0.15) is 0 Å². The van der Waals surface area contributed by atoms with Gasteiger partial charge in [0.15, 0.2) is 0 Å². The number of nitrogens with zero attached hydrogens (tertiary/aromatic N) is 2. The highest BCUT2D eigenvalue weighted by Gasteiger charge is 2.31. The lowest BCUT2D eigenvalue weighted by molar-refractivity contribution is 0.0184. The molecule has 2 aliphatic rings. The maximum absolute atomic E-state index is 12.5. The summed E-state index contributed by atoms with van der Waals surface area (Å²) in [5, 5.41) is 0. The molecule has 0 spiro atoms. The smallest absolute Gasteiger partial charge is 0.326 e. The normalized spacial score (nSPS) is 26.3. The fraction of sp³-hybridized carbons (Fsp3) is 0.650. The third-order valence-corrected chi connectivity index (χ3v) is 6.19. The van der Waals surface area contributed by atoms with Crippen LogP contribution in [0, 0.1) is 6.92 Å². The molecule has 2 fully saturated rings. The first kappa shape index (κ1) is 16.9. The van der Waals surface area contributed by atoms with Crippen LogP contribution in [-0.2, 0) is 4.74 Å². The molecule has 1 aromatic carbocycles. The van der Waals surface area contributed by atoms with E-state index >= 15 is 0 Å². The maximum atomic E-state index is 12.5. The molecular weight excluding hydrogens is 314 g/mol. The highest BCUT2D eigenvalue weighted by molar-refractivity contribution is 5.76. The molecule has 5 heteroatoms. The largest absolute Gasteiger partial charge is 0.381 e. The van der Waals surface area contributed by atoms with Gasteiger partial charge in [-0.2, -0.15) is 0 Å². The van der Waals surface area contributed by atoms with E-state index in [1.54, 1.807) is 0 Å². The SMILES string of the molecule is CO[C@H]1CCC[C@H](N2CCC(n3c(=O)[nH]c4ccc(C)cc43)CC2)C1. The molecule has 25 heavy (non-hydrogen) atoms. The second kappa shape index (κ2) is 6.96. The average Bonchev–Trinajstić information content (AvgIpc) is 2.97. The minimum absolute atomic E-state index is 0.0381. The summed E-state index contributed by atoms with van der Waals surface area (Å²) < 4.78 is 7.59. The molecule has 1 aliphatic carbocycles. The number of aryl methyl sites for hydroxylation is 1. The van der Waals surface area contributed by atoms with E-state index in [4.69, 9.17) is 4.74 Å². The summed E-state index contributed by atoms with van der Waals surface area (Å²) in [5.41, 5.74) is 3.25. The second-order valence-electron chi connectivity index (χ2n) is 7.77. The van der Waals surface area contributed by atoms with Crippen LogP contribution in [0.2, 0.25) is 0 Å². The third kappa shape index (κ3) is 3.27. The number of likely N-dealkylation sites (tertiary alicyclic amines) is 1. The minimum Gasteiger partial charge on any atom is -0.381 e. The van der Waals surface area contributed by atoms with Crippen molar-refractivity contribution in [1.82, 2.24) is 14.5 Å². The molecule has 2 heterocycles. The number of rotatable bonds is 3. The van der Waals surface area contributed by atoms with E-state index in [9.17, 15) is 4.79 Å². The zero-order valence-corrected chi connectivity index (χ0v) is 15.3. The van der Waals surface area contributed by atoms with Gasteiger partial charge in [-0.15, -0.1) is 0 Å². The van der Waals surface area contributed by atoms with E-state index < -0.39 is 0 Å². The topological polar surface area (TPSA) is 50.3 Å². The first-order chi connectivity index (χ1) is 12.2. The summed E-state index contributed by atoms with van der Waals surface area (Å²) in [6.07, 6.45) is 7.45. The van der Waals surface area contributed by atoms with Gasteiger partial charge in [-0.1, -0.05) is 6.07 Å². The molecule has 0 bridgehead atoms. The molecule has 4 rings (SSSR count). The van der Waals surface area contributed by atoms with Crippen molar-refractivity contribution in [3.8, 4) is 0 Å². The molecule has 136 valence electrons. The number of aromatic amines is 1. The summed E-state index contributed by atoms with van der Waals surface area (Å²) in [4.78, 5) is 18.1. The highest BCUT2D eigenvalue weighted by Crippen LogP contribution is 2.31. The molecule has 0 unspecified atom stereocenters. The minimum atomic E-state index is 0.0381. The van der Waals surface area contributed by atoms with Crippen molar-refractivity contribution in [3.05, 3.63) is 34.2 Å². The predicted octanol–water partition coefficient (Wildman–Crippen LogP) is 3.23. The van der Waals surface area contributed by atoms with E-state index in [1.807, 2.05) is 17.7 Å². The molecule has 5 nitrogen and oxygen atoms in total. The van der Waals surface area contributed by atoms with Crippen LogP contribution < -0.4 is 5.69 Å². The number of benzene rings is 1. The lowest BCUT2D eigenvalue weighted by atomic mass is 9.90. The Morgan fingerprint density at radius 3 is 2.68 bits per heavy atom. The van der Waals surface area contributed by atoms with Crippen LogP contribution in [0.4, 0.5) is 0 Å². The molecule has 1 saturated carbocycles. The first-order valence-corrected chi connectivity index (χ1v) is 9.63. The average molecular weight is 343 g/mol. The fourth-order valence-electron chi connectivity index (χ4n) is 4.77. The Hall–Kier alpha value is -1.59. The summed E-state index contributed by atoms with van der Waals surface area (Å²) in [6, 6.07) is 7.16. The number of H-pyrrole nitrogens is 1. The van der Waals surface area contributed by atoms with Crippen molar-refractivity contribution in [2.45, 2.75) is 63.6 Å². The van der Waals surface area contributed by atoms with Crippen LogP contribution in [-0.4, -0.2) is 46.8 Å². The summed E-state index contributed by atoms with van der Waals surface area (Å²) in [5.74, 6) is 0. The number of methoxy groups -OCH3 is 1. The summed E-state index contributed by atoms with van der Waals surface area (Å²) in [6.45, 7) is 4.24. The molecule has 2 aromatic rings. The van der Waals surface area contributed by atoms with Gasteiger partial charge in [-0.25, -0.2) is 4.79 Å². The Morgan fingerprint density at radius 2 is 1.92 bits per heavy atom. The Labute approximate surface area is 149 Å². The lowest BCUT2D eigenvalue weighted by Crippen LogP contribution is -2.45. The number of fused-ring (bicyclic) bond motifs is 1. The van der Waals surface area contributed by atoms with Gasteiger partial charge in [0, 0.05) is 32.3 Å². The fourth-order valence-corrected chi connectivity index (χ4v) is 4.77. The van der Waals surface area contributed by atoms with Gasteiger partial charge in [0.05, 0.1) is 17.1 Å². The Morgan fingerprint density at radius 1 is 1.12 bits per heavy atom. The monoisotopic (exact) mass is 343 g/mol. The molecule has 1 saturated heterocycles. The van der Waals surface area contributed by atoms with Crippen LogP contribution >= 0.6 is 0 Å². The summed E-state index contributed by atoms with van der Waals surface area (Å²) in [7, 11) is 1.84. The summed E-state index contributed by atoms with van der Waals surface area (Å²) >= 11 is 0. The number of aromatic nitrogens is 2. The lowest BCUT2D eigenvalue weighted by Gasteiger charge is -2.41. The Bertz CT molecular complexity index is 786. The Balaban J connectivity index is 1.48. The number of hydrogen-bond acceptors (Lipinski definition) is 3. The van der Waals surface area contributed by atoms with Gasteiger partial charge in [0.25, 0.3) is 0 Å². The Kier molecular flexibility index (Phi) is 4.69. The van der Waals surface area contributed by atoms with Crippen molar-refractivity contribution in [3.63, 3.8) is 0 Å². The second-order valence-corrected chi connectivity index (χ2v) is 7.77. The van der Waals surface area contributed by atoms with E-state index in [2.05, 4.69) is 28.9 Å². The molecule has 1 N–H and O–H groups in total. The third-order valence-electron chi connectivity index (χ3n) is 6.19. The van der Waals surface area contributed by atoms with Crippen molar-refractivity contribution in [2.24, 2.45) is 0 Å². The van der Waals surface area contributed by atoms with Crippen LogP contribution in [0.1, 0.15) is 50.1 Å². The molecule has 0 amide bonds. The molecule has 2 atom stereocenters. The maximum Gasteiger partial charge on any atom is 0.326 e. The standard InChI is InChI=1S/C20H29N3O2/c1-14-6-7-18-19(12-14)23(20(24)21-18)15-8-10-22(11-9-15)16-4-3-5-17(13-16)25-2/h6-7,12,15-17H,3-5,8-11,13H2,1-2H3,(H,21,24)/t16-,17-/m0/s1.